The van der Waals surface area contributed by atoms with Gasteiger partial charge in [0.1, 0.15) is 0 Å². The largest absolute Gasteiger partial charge is 0.325 e. The lowest BCUT2D eigenvalue weighted by molar-refractivity contribution is -0.119. The molecule has 24 heavy (non-hydrogen) atoms. The van der Waals surface area contributed by atoms with Crippen molar-refractivity contribution in [2.75, 3.05) is 5.32 Å². The highest BCUT2D eigenvalue weighted by Gasteiger charge is 2.39. The van der Waals surface area contributed by atoms with Gasteiger partial charge in [0.25, 0.3) is 0 Å². The average molecular weight is 344 g/mol. The van der Waals surface area contributed by atoms with Gasteiger partial charge in [0, 0.05) is 12.2 Å². The molecule has 0 radical (unpaired) electrons. The zero-order valence-corrected chi connectivity index (χ0v) is 14.7. The summed E-state index contributed by atoms with van der Waals surface area (Å²) in [5.41, 5.74) is 2.65. The van der Waals surface area contributed by atoms with E-state index >= 15 is 0 Å². The number of hydrogen-bond donors (Lipinski definition) is 2. The molecule has 2 aromatic rings. The molecule has 0 spiro atoms. The third-order valence-corrected chi connectivity index (χ3v) is 5.78. The number of rotatable bonds is 4. The second-order valence-corrected chi connectivity index (χ2v) is 8.36. The highest BCUT2D eigenvalue weighted by Crippen LogP contribution is 2.38. The number of carbonyl (C=O) groups is 1. The predicted molar refractivity (Wildman–Crippen MR) is 93.3 cm³/mol. The first kappa shape index (κ1) is 16.7. The normalized spacial score (nSPS) is 15.9. The Morgan fingerprint density at radius 1 is 1.08 bits per heavy atom. The van der Waals surface area contributed by atoms with E-state index in [1.807, 2.05) is 31.2 Å². The zero-order chi connectivity index (χ0) is 17.5. The number of carbonyl (C=O) groups excluding carboxylic acids is 1. The third-order valence-electron chi connectivity index (χ3n) is 4.38. The van der Waals surface area contributed by atoms with E-state index in [1.165, 1.54) is 6.07 Å². The maximum atomic E-state index is 12.5. The van der Waals surface area contributed by atoms with Crippen molar-refractivity contribution in [1.29, 1.82) is 0 Å². The number of benzene rings is 2. The third kappa shape index (κ3) is 2.95. The molecular weight excluding hydrogens is 324 g/mol. The first-order chi connectivity index (χ1) is 11.2. The van der Waals surface area contributed by atoms with Gasteiger partial charge in [-0.05, 0) is 50.1 Å². The van der Waals surface area contributed by atoms with Gasteiger partial charge in [-0.3, -0.25) is 4.79 Å². The summed E-state index contributed by atoms with van der Waals surface area (Å²) < 4.78 is 27.7. The van der Waals surface area contributed by atoms with E-state index in [0.717, 1.165) is 11.1 Å². The number of fused-ring (bicyclic) bond motifs is 1. The Balaban J connectivity index is 1.85. The monoisotopic (exact) mass is 344 g/mol. The molecule has 0 aliphatic carbocycles. The Kier molecular flexibility index (Phi) is 3.97. The van der Waals surface area contributed by atoms with Crippen molar-refractivity contribution in [3.05, 3.63) is 59.2 Å². The molecule has 1 aliphatic heterocycles. The predicted octanol–water partition coefficient (Wildman–Crippen LogP) is 2.70. The van der Waals surface area contributed by atoms with Crippen LogP contribution in [-0.4, -0.2) is 14.3 Å². The van der Waals surface area contributed by atoms with Crippen LogP contribution in [0.2, 0.25) is 0 Å². The van der Waals surface area contributed by atoms with Crippen molar-refractivity contribution < 1.29 is 13.2 Å². The molecular formula is C18H20N2O3S. The van der Waals surface area contributed by atoms with Gasteiger partial charge in [-0.2, -0.15) is 0 Å². The van der Waals surface area contributed by atoms with E-state index in [9.17, 15) is 13.2 Å². The number of amides is 1. The fourth-order valence-corrected chi connectivity index (χ4v) is 3.73. The van der Waals surface area contributed by atoms with Crippen LogP contribution in [0, 0.1) is 6.92 Å². The fraction of sp³-hybridized carbons (Fsp3) is 0.278. The fourth-order valence-electron chi connectivity index (χ4n) is 2.69. The molecule has 0 aromatic heterocycles. The first-order valence-electron chi connectivity index (χ1n) is 7.71. The van der Waals surface area contributed by atoms with Crippen molar-refractivity contribution in [2.45, 2.75) is 37.6 Å². The molecule has 126 valence electrons. The Morgan fingerprint density at radius 2 is 1.75 bits per heavy atom. The number of sulfonamides is 1. The van der Waals surface area contributed by atoms with Crippen molar-refractivity contribution in [2.24, 2.45) is 0 Å². The quantitative estimate of drug-likeness (QED) is 0.895. The molecule has 0 atom stereocenters. The lowest BCUT2D eigenvalue weighted by Gasteiger charge is -2.16. The van der Waals surface area contributed by atoms with Gasteiger partial charge in [-0.1, -0.05) is 29.8 Å². The average Bonchev–Trinajstić information content (AvgIpc) is 2.76. The van der Waals surface area contributed by atoms with Crippen molar-refractivity contribution >= 4 is 21.6 Å². The van der Waals surface area contributed by atoms with Crippen LogP contribution < -0.4 is 10.0 Å². The number of nitrogens with one attached hydrogen (secondary N) is 2. The maximum absolute atomic E-state index is 12.5. The molecule has 1 amide bonds. The van der Waals surface area contributed by atoms with Crippen LogP contribution in [-0.2, 0) is 26.8 Å². The Morgan fingerprint density at radius 3 is 2.42 bits per heavy atom. The lowest BCUT2D eigenvalue weighted by Crippen LogP contribution is -2.27. The minimum atomic E-state index is -3.65. The van der Waals surface area contributed by atoms with Crippen molar-refractivity contribution in [3.8, 4) is 0 Å². The molecule has 2 aromatic carbocycles. The summed E-state index contributed by atoms with van der Waals surface area (Å²) in [6.07, 6.45) is 0. The van der Waals surface area contributed by atoms with Gasteiger partial charge in [-0.25, -0.2) is 13.1 Å². The van der Waals surface area contributed by atoms with Crippen LogP contribution in [0.5, 0.6) is 0 Å². The Hall–Kier alpha value is -2.18. The zero-order valence-electron chi connectivity index (χ0n) is 13.9. The highest BCUT2D eigenvalue weighted by atomic mass is 32.2. The summed E-state index contributed by atoms with van der Waals surface area (Å²) in [5, 5.41) is 2.78. The van der Waals surface area contributed by atoms with Crippen LogP contribution in [0.25, 0.3) is 0 Å². The molecule has 5 nitrogen and oxygen atoms in total. The molecule has 6 heteroatoms. The number of aryl methyl sites for hydroxylation is 1. The minimum Gasteiger partial charge on any atom is -0.325 e. The van der Waals surface area contributed by atoms with E-state index in [1.54, 1.807) is 26.0 Å². The van der Waals surface area contributed by atoms with Gasteiger partial charge in [-0.15, -0.1) is 0 Å². The van der Waals surface area contributed by atoms with Gasteiger partial charge < -0.3 is 5.32 Å². The molecule has 0 saturated heterocycles. The van der Waals surface area contributed by atoms with Crippen LogP contribution in [0.4, 0.5) is 5.69 Å². The topological polar surface area (TPSA) is 75.3 Å². The summed E-state index contributed by atoms with van der Waals surface area (Å²) in [6.45, 7) is 5.77. The minimum absolute atomic E-state index is 0.125. The summed E-state index contributed by atoms with van der Waals surface area (Å²) in [7, 11) is -3.65. The molecule has 3 rings (SSSR count). The lowest BCUT2D eigenvalue weighted by atomic mass is 9.86. The highest BCUT2D eigenvalue weighted by molar-refractivity contribution is 7.89. The van der Waals surface area contributed by atoms with Crippen molar-refractivity contribution in [1.82, 2.24) is 4.72 Å². The van der Waals surface area contributed by atoms with E-state index < -0.39 is 15.4 Å². The van der Waals surface area contributed by atoms with E-state index in [-0.39, 0.29) is 17.3 Å². The Labute approximate surface area is 142 Å². The van der Waals surface area contributed by atoms with Gasteiger partial charge in [0.2, 0.25) is 15.9 Å². The molecule has 0 unspecified atom stereocenters. The second kappa shape index (κ2) is 5.72. The van der Waals surface area contributed by atoms with E-state index in [4.69, 9.17) is 0 Å². The summed E-state index contributed by atoms with van der Waals surface area (Å²) in [6, 6.07) is 12.4. The summed E-state index contributed by atoms with van der Waals surface area (Å²) in [5.74, 6) is -0.125. The van der Waals surface area contributed by atoms with Gasteiger partial charge >= 0.3 is 0 Å². The molecule has 1 aliphatic rings. The van der Waals surface area contributed by atoms with Crippen LogP contribution in [0.15, 0.2) is 47.4 Å². The number of anilines is 1. The van der Waals surface area contributed by atoms with E-state index in [2.05, 4.69) is 10.0 Å². The molecule has 0 bridgehead atoms. The van der Waals surface area contributed by atoms with Gasteiger partial charge in [0.05, 0.1) is 10.3 Å². The van der Waals surface area contributed by atoms with Crippen molar-refractivity contribution in [3.63, 3.8) is 0 Å². The first-order valence-corrected chi connectivity index (χ1v) is 9.20. The summed E-state index contributed by atoms with van der Waals surface area (Å²) in [4.78, 5) is 12.1. The molecule has 2 N–H and O–H groups in total. The van der Waals surface area contributed by atoms with Gasteiger partial charge in [0.15, 0.2) is 0 Å². The Bertz CT molecular complexity index is 900. The molecule has 1 heterocycles. The smallest absolute Gasteiger partial charge is 0.240 e. The standard InChI is InChI=1S/C18H20N2O3S/c1-12-4-6-13(7-5-12)11-19-24(22,23)14-8-9-16-15(10-14)18(2,3)17(21)20-16/h4-10,19H,11H2,1-3H3,(H,20,21). The molecule has 0 saturated carbocycles. The molecule has 0 fully saturated rings. The number of hydrogen-bond acceptors (Lipinski definition) is 3. The second-order valence-electron chi connectivity index (χ2n) is 6.60. The van der Waals surface area contributed by atoms with Crippen LogP contribution in [0.3, 0.4) is 0 Å². The SMILES string of the molecule is Cc1ccc(CNS(=O)(=O)c2ccc3c(c2)C(C)(C)C(=O)N3)cc1. The summed E-state index contributed by atoms with van der Waals surface area (Å²) >= 11 is 0. The van der Waals surface area contributed by atoms with Crippen LogP contribution >= 0.6 is 0 Å². The van der Waals surface area contributed by atoms with Crippen LogP contribution in [0.1, 0.15) is 30.5 Å². The van der Waals surface area contributed by atoms with E-state index in [0.29, 0.717) is 11.3 Å². The maximum Gasteiger partial charge on any atom is 0.240 e.